The number of rotatable bonds is 23. The maximum Gasteiger partial charge on any atom is 0.191 e. The zero-order chi connectivity index (χ0) is 45.8. The second kappa shape index (κ2) is 25.1. The Kier molecular flexibility index (Phi) is 19.1. The van der Waals surface area contributed by atoms with Crippen LogP contribution in [-0.4, -0.2) is 97.2 Å². The highest BCUT2D eigenvalue weighted by atomic mass is 16.5. The molecule has 17 heteroatoms. The van der Waals surface area contributed by atoms with E-state index in [4.69, 9.17) is 72.3 Å². The van der Waals surface area contributed by atoms with Crippen LogP contribution in [0, 0.1) is 0 Å². The van der Waals surface area contributed by atoms with Crippen LogP contribution < -0.4 is 53.3 Å². The van der Waals surface area contributed by atoms with E-state index in [9.17, 15) is 0 Å². The van der Waals surface area contributed by atoms with E-state index in [0.717, 1.165) is 44.5 Å². The van der Waals surface area contributed by atoms with Gasteiger partial charge in [-0.05, 0) is 75.2 Å². The van der Waals surface area contributed by atoms with Gasteiger partial charge in [0.1, 0.15) is 49.4 Å². The molecule has 0 aromatic heterocycles. The van der Waals surface area contributed by atoms with E-state index in [1.165, 1.54) is 0 Å². The number of ether oxygens (including phenoxy) is 8. The van der Waals surface area contributed by atoms with E-state index < -0.39 is 0 Å². The Labute approximate surface area is 376 Å². The molecule has 17 nitrogen and oxygen atoms in total. The maximum absolute atomic E-state index is 6.70. The van der Waals surface area contributed by atoms with E-state index >= 15 is 0 Å². The first-order valence-electron chi connectivity index (χ1n) is 21.7. The van der Waals surface area contributed by atoms with Crippen LogP contribution in [0.15, 0.2) is 69.6 Å². The zero-order valence-electron chi connectivity index (χ0n) is 37.6. The smallest absolute Gasteiger partial charge is 0.191 e. The Morgan fingerprint density at radius 1 is 0.375 bits per heavy atom. The molecule has 0 atom stereocenters. The molecule has 5 rings (SSSR count). The molecular weight excluding hydrogens is 819 g/mol. The van der Waals surface area contributed by atoms with Gasteiger partial charge in [0, 0.05) is 85.5 Å². The summed E-state index contributed by atoms with van der Waals surface area (Å²) in [4.78, 5) is 13.6. The lowest BCUT2D eigenvalue weighted by atomic mass is 9.90. The van der Waals surface area contributed by atoms with E-state index in [2.05, 4.69) is 15.0 Å². The van der Waals surface area contributed by atoms with Crippen LogP contribution in [0.2, 0.25) is 0 Å². The highest BCUT2D eigenvalue weighted by Crippen LogP contribution is 2.42. The highest BCUT2D eigenvalue weighted by Gasteiger charge is 2.24. The van der Waals surface area contributed by atoms with Crippen molar-refractivity contribution in [1.29, 1.82) is 0 Å². The summed E-state index contributed by atoms with van der Waals surface area (Å²) in [5, 5.41) is 0. The molecule has 0 amide bonds. The summed E-state index contributed by atoms with van der Waals surface area (Å²) < 4.78 is 49.6. The molecule has 0 saturated heterocycles. The van der Waals surface area contributed by atoms with Gasteiger partial charge in [0.2, 0.25) is 0 Å². The molecule has 0 radical (unpaired) electrons. The van der Waals surface area contributed by atoms with Crippen molar-refractivity contribution in [3.63, 3.8) is 0 Å². The third kappa shape index (κ3) is 14.4. The molecule has 0 spiro atoms. The second-order valence-electron chi connectivity index (χ2n) is 14.7. The summed E-state index contributed by atoms with van der Waals surface area (Å²) in [5.74, 6) is 2.26. The molecule has 1 aliphatic carbocycles. The lowest BCUT2D eigenvalue weighted by molar-refractivity contribution is 0.108. The van der Waals surface area contributed by atoms with Gasteiger partial charge >= 0.3 is 0 Å². The maximum atomic E-state index is 6.70. The van der Waals surface area contributed by atoms with Crippen molar-refractivity contribution in [2.45, 2.75) is 53.4 Å². The molecule has 346 valence electrons. The molecule has 0 heterocycles. The second-order valence-corrected chi connectivity index (χ2v) is 14.7. The largest absolute Gasteiger partial charge is 0.491 e. The normalized spacial score (nSPS) is 11.9. The van der Waals surface area contributed by atoms with Crippen molar-refractivity contribution in [2.75, 3.05) is 79.3 Å². The van der Waals surface area contributed by atoms with Gasteiger partial charge in [0.15, 0.2) is 17.9 Å². The number of nitrogens with two attached hydrogens (primary N) is 6. The van der Waals surface area contributed by atoms with Crippen molar-refractivity contribution < 1.29 is 37.9 Å². The average molecular weight is 884 g/mol. The minimum atomic E-state index is -0.113. The summed E-state index contributed by atoms with van der Waals surface area (Å²) in [6.07, 6.45) is 1.31. The number of hydrogen-bond acceptors (Lipinski definition) is 11. The Balaban J connectivity index is 1.90. The Bertz CT molecular complexity index is 2110. The predicted molar refractivity (Wildman–Crippen MR) is 251 cm³/mol. The summed E-state index contributed by atoms with van der Waals surface area (Å²) in [5.41, 5.74) is 44.1. The minimum Gasteiger partial charge on any atom is -0.491 e. The number of benzene rings is 4. The first kappa shape index (κ1) is 48.8. The van der Waals surface area contributed by atoms with Gasteiger partial charge in [0.25, 0.3) is 0 Å². The molecular formula is C47H65N9O8. The van der Waals surface area contributed by atoms with Crippen LogP contribution >= 0.6 is 0 Å². The van der Waals surface area contributed by atoms with Crippen molar-refractivity contribution in [3.8, 4) is 23.0 Å². The third-order valence-corrected chi connectivity index (χ3v) is 9.87. The number of nitrogens with zero attached hydrogens (tertiary/aromatic N) is 3. The molecule has 0 aliphatic heterocycles. The van der Waals surface area contributed by atoms with Crippen LogP contribution in [-0.2, 0) is 44.6 Å². The van der Waals surface area contributed by atoms with Crippen molar-refractivity contribution in [2.24, 2.45) is 49.4 Å². The fourth-order valence-corrected chi connectivity index (χ4v) is 7.50. The van der Waals surface area contributed by atoms with Crippen LogP contribution in [0.1, 0.15) is 72.2 Å². The molecule has 4 aromatic carbocycles. The minimum absolute atomic E-state index is 0.0940. The lowest BCUT2D eigenvalue weighted by Crippen LogP contribution is -2.22. The summed E-state index contributed by atoms with van der Waals surface area (Å²) in [7, 11) is 0. The van der Waals surface area contributed by atoms with Gasteiger partial charge in [-0.15, -0.1) is 0 Å². The first-order chi connectivity index (χ1) is 31.0. The van der Waals surface area contributed by atoms with Crippen molar-refractivity contribution in [1.82, 2.24) is 0 Å². The van der Waals surface area contributed by atoms with Crippen LogP contribution in [0.5, 0.6) is 23.0 Å². The fraction of sp³-hybridized carbons (Fsp3) is 0.426. The Morgan fingerprint density at radius 2 is 0.609 bits per heavy atom. The molecule has 12 N–H and O–H groups in total. The summed E-state index contributed by atoms with van der Waals surface area (Å²) in [6, 6.07) is 17.5. The van der Waals surface area contributed by atoms with Gasteiger partial charge in [-0.3, -0.25) is 0 Å². The summed E-state index contributed by atoms with van der Waals surface area (Å²) >= 11 is 0. The number of fused-ring (bicyclic) bond motifs is 8. The molecule has 0 saturated carbocycles. The quantitative estimate of drug-likeness (QED) is 0.0294. The lowest BCUT2D eigenvalue weighted by Gasteiger charge is -2.24. The van der Waals surface area contributed by atoms with Crippen LogP contribution in [0.4, 0.5) is 17.1 Å². The Hall–Kier alpha value is -6.27. The topological polar surface area (TPSA) is 267 Å². The van der Waals surface area contributed by atoms with E-state index in [1.54, 1.807) is 0 Å². The monoisotopic (exact) mass is 883 g/mol. The van der Waals surface area contributed by atoms with Gasteiger partial charge < -0.3 is 72.3 Å². The predicted octanol–water partition coefficient (Wildman–Crippen LogP) is 4.74. The molecule has 1 aliphatic rings. The summed E-state index contributed by atoms with van der Waals surface area (Å²) in [6.45, 7) is 12.5. The zero-order valence-corrected chi connectivity index (χ0v) is 37.6. The third-order valence-electron chi connectivity index (χ3n) is 9.87. The number of guanidine groups is 3. The van der Waals surface area contributed by atoms with Gasteiger partial charge in [0.05, 0.1) is 43.5 Å². The van der Waals surface area contributed by atoms with Crippen molar-refractivity contribution >= 4 is 34.9 Å². The van der Waals surface area contributed by atoms with Crippen LogP contribution in [0.3, 0.4) is 0 Å². The highest BCUT2D eigenvalue weighted by molar-refractivity contribution is 5.81. The van der Waals surface area contributed by atoms with Gasteiger partial charge in [-0.1, -0.05) is 18.2 Å². The SMILES string of the molecule is CCOCCOc1c2cccc1Cc1cc(N=C(N)N)cc(c1OCCOCC)Cc1cc(N=C(N)N)cc(c1OCCOCC)Cc1cc(N=C(N)N)cc(c1OCCOCC)C2. The number of para-hydroxylation sites is 1. The number of aliphatic imine (C=N–C) groups is 3. The molecule has 8 bridgehead atoms. The molecule has 4 aromatic rings. The van der Waals surface area contributed by atoms with Gasteiger partial charge in [-0.2, -0.15) is 0 Å². The molecule has 0 unspecified atom stereocenters. The van der Waals surface area contributed by atoms with E-state index in [1.807, 2.05) is 82.3 Å². The molecule has 64 heavy (non-hydrogen) atoms. The first-order valence-corrected chi connectivity index (χ1v) is 21.7. The average Bonchev–Trinajstić information content (AvgIpc) is 3.23. The Morgan fingerprint density at radius 3 is 0.844 bits per heavy atom. The van der Waals surface area contributed by atoms with E-state index in [-0.39, 0.29) is 50.5 Å². The fourth-order valence-electron chi connectivity index (χ4n) is 7.50. The number of hydrogen-bond donors (Lipinski definition) is 6. The van der Waals surface area contributed by atoms with E-state index in [0.29, 0.717) is 112 Å². The molecule has 0 fully saturated rings. The van der Waals surface area contributed by atoms with Crippen molar-refractivity contribution in [3.05, 3.63) is 99.1 Å². The van der Waals surface area contributed by atoms with Gasteiger partial charge in [-0.25, -0.2) is 15.0 Å². The van der Waals surface area contributed by atoms with Crippen LogP contribution in [0.25, 0.3) is 0 Å². The standard InChI is InChI=1S/C47H65N9O8/c1-5-57-12-16-61-41-30-10-9-11-31(41)21-33-25-39(55-46(50)51)27-35(43(33)63-18-14-59-7-3)23-37-29-40(56-47(52)53)28-36(44(37)64-19-15-60-8-4)22-34-26-38(54-45(48)49)24-32(20-30)42(34)62-17-13-58-6-2/h9-11,24-29H,5-8,12-23H2,1-4H3,(H4,48,49,54)(H4,50,51,55)(H4,52,53,56).